The van der Waals surface area contributed by atoms with E-state index in [1.165, 1.54) is 61.4 Å². The lowest BCUT2D eigenvalue weighted by Gasteiger charge is -2.27. The lowest BCUT2D eigenvalue weighted by molar-refractivity contribution is 0.589. The second-order valence-electron chi connectivity index (χ2n) is 15.2. The Hall–Kier alpha value is -4.10. The molecule has 0 aliphatic heterocycles. The summed E-state index contributed by atoms with van der Waals surface area (Å²) in [6.07, 6.45) is 1.14. The molecule has 0 N–H and O–H groups in total. The minimum Gasteiger partial charge on any atom is -0.311 e. The second kappa shape index (κ2) is 11.7. The lowest BCUT2D eigenvalue weighted by Crippen LogP contribution is -2.13. The van der Waals surface area contributed by atoms with Crippen LogP contribution in [0.2, 0.25) is 0 Å². The van der Waals surface area contributed by atoms with Gasteiger partial charge in [0, 0.05) is 23.0 Å². The van der Waals surface area contributed by atoms with Gasteiger partial charge in [0.2, 0.25) is 0 Å². The smallest absolute Gasteiger partial charge is 0.0462 e. The summed E-state index contributed by atoms with van der Waals surface area (Å²) < 4.78 is 0. The van der Waals surface area contributed by atoms with Crippen LogP contribution in [0.15, 0.2) is 109 Å². The highest BCUT2D eigenvalue weighted by Crippen LogP contribution is 2.47. The van der Waals surface area contributed by atoms with Gasteiger partial charge in [-0.25, -0.2) is 0 Å². The topological polar surface area (TPSA) is 3.24 Å². The average Bonchev–Trinajstić information content (AvgIpc) is 3.31. The van der Waals surface area contributed by atoms with Gasteiger partial charge in [-0.3, -0.25) is 0 Å². The number of hydrogen-bond donors (Lipinski definition) is 0. The molecule has 1 nitrogen and oxygen atoms in total. The van der Waals surface area contributed by atoms with Gasteiger partial charge in [0.25, 0.3) is 0 Å². The summed E-state index contributed by atoms with van der Waals surface area (Å²) in [5.74, 6) is 0.947. The SMILES string of the molecule is CCC(C)c1ccc(N(c2ccc(-c3ccc4c(c3)C(C)c3cc(C(C)(C)C)ccc3-4)cc2)c2ccc(C(C)(C)C)cc2)cc1. The van der Waals surface area contributed by atoms with Crippen molar-refractivity contribution >= 4 is 17.1 Å². The number of hydrogen-bond acceptors (Lipinski definition) is 1. The molecule has 0 amide bonds. The van der Waals surface area contributed by atoms with Gasteiger partial charge in [-0.15, -0.1) is 0 Å². The molecular formula is C44H49N. The molecule has 45 heavy (non-hydrogen) atoms. The minimum atomic E-state index is 0.118. The summed E-state index contributed by atoms with van der Waals surface area (Å²) in [5, 5.41) is 0. The van der Waals surface area contributed by atoms with E-state index in [2.05, 4.69) is 176 Å². The Labute approximate surface area is 272 Å². The van der Waals surface area contributed by atoms with Crippen LogP contribution in [-0.2, 0) is 10.8 Å². The Morgan fingerprint density at radius 3 is 1.53 bits per heavy atom. The van der Waals surface area contributed by atoms with Crippen LogP contribution in [0.25, 0.3) is 22.3 Å². The van der Waals surface area contributed by atoms with Crippen LogP contribution in [0.4, 0.5) is 17.1 Å². The monoisotopic (exact) mass is 591 g/mol. The standard InChI is InChI=1S/C44H49N/c1-10-29(2)31-11-19-36(20-12-31)45(38-23-16-34(17-24-38)43(4,5)6)37-21-13-32(14-22-37)33-15-25-39-40-26-18-35(44(7,8)9)28-42(40)30(3)41(39)27-33/h11-30H,10H2,1-9H3. The molecule has 5 aromatic carbocycles. The van der Waals surface area contributed by atoms with E-state index in [1.54, 1.807) is 0 Å². The maximum Gasteiger partial charge on any atom is 0.0462 e. The molecule has 2 atom stereocenters. The third-order valence-corrected chi connectivity index (χ3v) is 9.98. The fourth-order valence-electron chi connectivity index (χ4n) is 6.69. The maximum absolute atomic E-state index is 2.44. The van der Waals surface area contributed by atoms with Gasteiger partial charge in [-0.1, -0.05) is 129 Å². The summed E-state index contributed by atoms with van der Waals surface area (Å²) in [6, 6.07) is 41.5. The first-order chi connectivity index (χ1) is 21.3. The number of anilines is 3. The van der Waals surface area contributed by atoms with Crippen molar-refractivity contribution in [3.8, 4) is 22.3 Å². The molecule has 5 aromatic rings. The van der Waals surface area contributed by atoms with Gasteiger partial charge >= 0.3 is 0 Å². The van der Waals surface area contributed by atoms with Crippen molar-refractivity contribution in [1.82, 2.24) is 0 Å². The molecule has 0 aromatic heterocycles. The van der Waals surface area contributed by atoms with Crippen molar-refractivity contribution in [2.45, 2.75) is 91.4 Å². The van der Waals surface area contributed by atoms with Crippen molar-refractivity contribution in [2.24, 2.45) is 0 Å². The zero-order chi connectivity index (χ0) is 32.1. The van der Waals surface area contributed by atoms with Crippen LogP contribution in [0, 0.1) is 0 Å². The van der Waals surface area contributed by atoms with E-state index < -0.39 is 0 Å². The average molecular weight is 592 g/mol. The largest absolute Gasteiger partial charge is 0.311 e. The van der Waals surface area contributed by atoms with Crippen LogP contribution in [-0.4, -0.2) is 0 Å². The number of rotatable bonds is 6. The highest BCUT2D eigenvalue weighted by Gasteiger charge is 2.28. The Bertz CT molecular complexity index is 1790. The van der Waals surface area contributed by atoms with E-state index in [9.17, 15) is 0 Å². The van der Waals surface area contributed by atoms with Gasteiger partial charge in [0.1, 0.15) is 0 Å². The molecule has 0 spiro atoms. The molecule has 6 rings (SSSR count). The summed E-state index contributed by atoms with van der Waals surface area (Å²) in [7, 11) is 0. The van der Waals surface area contributed by atoms with Gasteiger partial charge in [-0.05, 0) is 116 Å². The fraction of sp³-hybridized carbons (Fsp3) is 0.318. The normalized spacial score (nSPS) is 15.0. The summed E-state index contributed by atoms with van der Waals surface area (Å²) in [5.41, 5.74) is 16.1. The molecule has 0 fully saturated rings. The Morgan fingerprint density at radius 2 is 1.00 bits per heavy atom. The highest BCUT2D eigenvalue weighted by molar-refractivity contribution is 5.83. The predicted octanol–water partition coefficient (Wildman–Crippen LogP) is 13.1. The molecule has 0 bridgehead atoms. The van der Waals surface area contributed by atoms with Crippen LogP contribution < -0.4 is 4.90 Å². The Balaban J connectivity index is 1.34. The zero-order valence-electron chi connectivity index (χ0n) is 28.7. The molecule has 0 saturated heterocycles. The third-order valence-electron chi connectivity index (χ3n) is 9.98. The molecular weight excluding hydrogens is 542 g/mol. The van der Waals surface area contributed by atoms with Crippen molar-refractivity contribution in [1.29, 1.82) is 0 Å². The molecule has 0 saturated carbocycles. The number of fused-ring (bicyclic) bond motifs is 3. The minimum absolute atomic E-state index is 0.118. The molecule has 0 radical (unpaired) electrons. The van der Waals surface area contributed by atoms with Crippen molar-refractivity contribution in [3.05, 3.63) is 137 Å². The molecule has 2 unspecified atom stereocenters. The van der Waals surface area contributed by atoms with E-state index >= 15 is 0 Å². The first-order valence-corrected chi connectivity index (χ1v) is 16.7. The van der Waals surface area contributed by atoms with Gasteiger partial charge < -0.3 is 4.90 Å². The van der Waals surface area contributed by atoms with Crippen molar-refractivity contribution in [3.63, 3.8) is 0 Å². The van der Waals surface area contributed by atoms with E-state index in [-0.39, 0.29) is 10.8 Å². The molecule has 230 valence electrons. The van der Waals surface area contributed by atoms with E-state index in [0.717, 1.165) is 12.1 Å². The fourth-order valence-corrected chi connectivity index (χ4v) is 6.69. The maximum atomic E-state index is 2.44. The molecule has 1 heteroatoms. The van der Waals surface area contributed by atoms with E-state index in [1.807, 2.05) is 0 Å². The Morgan fingerprint density at radius 1 is 0.556 bits per heavy atom. The number of nitrogens with zero attached hydrogens (tertiary/aromatic N) is 1. The van der Waals surface area contributed by atoms with Crippen LogP contribution in [0.5, 0.6) is 0 Å². The Kier molecular flexibility index (Phi) is 8.02. The van der Waals surface area contributed by atoms with Crippen molar-refractivity contribution in [2.75, 3.05) is 4.90 Å². The van der Waals surface area contributed by atoms with Crippen LogP contribution in [0.3, 0.4) is 0 Å². The van der Waals surface area contributed by atoms with Gasteiger partial charge in [-0.2, -0.15) is 0 Å². The summed E-state index contributed by atoms with van der Waals surface area (Å²) in [6.45, 7) is 20.6. The quantitative estimate of drug-likeness (QED) is 0.190. The first kappa shape index (κ1) is 30.9. The number of benzene rings is 5. The first-order valence-electron chi connectivity index (χ1n) is 16.7. The van der Waals surface area contributed by atoms with Gasteiger partial charge in [0.05, 0.1) is 0 Å². The summed E-state index contributed by atoms with van der Waals surface area (Å²) >= 11 is 0. The highest BCUT2D eigenvalue weighted by atomic mass is 15.1. The van der Waals surface area contributed by atoms with Gasteiger partial charge in [0.15, 0.2) is 0 Å². The van der Waals surface area contributed by atoms with E-state index in [0.29, 0.717) is 11.8 Å². The molecule has 0 heterocycles. The molecule has 1 aliphatic carbocycles. The second-order valence-corrected chi connectivity index (χ2v) is 15.2. The van der Waals surface area contributed by atoms with Crippen LogP contribution >= 0.6 is 0 Å². The predicted molar refractivity (Wildman–Crippen MR) is 196 cm³/mol. The third kappa shape index (κ3) is 5.98. The zero-order valence-corrected chi connectivity index (χ0v) is 28.7. The van der Waals surface area contributed by atoms with E-state index in [4.69, 9.17) is 0 Å². The molecule has 1 aliphatic rings. The lowest BCUT2D eigenvalue weighted by atomic mass is 9.84. The van der Waals surface area contributed by atoms with Crippen LogP contribution in [0.1, 0.15) is 108 Å². The summed E-state index contributed by atoms with van der Waals surface area (Å²) in [4.78, 5) is 2.38. The van der Waals surface area contributed by atoms with Crippen molar-refractivity contribution < 1.29 is 0 Å².